The molecule has 1 heterocycles. The molecule has 0 saturated carbocycles. The molecule has 3 rings (SSSR count). The Morgan fingerprint density at radius 2 is 1.68 bits per heavy atom. The standard InChI is InChI=1S/C20H17FN4O3/c1-25-11-10-22-18(25)17(26)14-4-8-16(9-5-14)24-20(28)19(27)23-12-13-2-6-15(21)7-3-13/h2-11H,12H2,1H3,(H,23,27)(H,24,28). The second kappa shape index (κ2) is 8.26. The Hall–Kier alpha value is -3.81. The fraction of sp³-hybridized carbons (Fsp3) is 0.100. The lowest BCUT2D eigenvalue weighted by Gasteiger charge is -2.07. The average Bonchev–Trinajstić information content (AvgIpc) is 3.13. The average molecular weight is 380 g/mol. The van der Waals surface area contributed by atoms with E-state index in [0.717, 1.165) is 0 Å². The van der Waals surface area contributed by atoms with E-state index in [1.165, 1.54) is 42.6 Å². The lowest BCUT2D eigenvalue weighted by atomic mass is 10.1. The van der Waals surface area contributed by atoms with E-state index < -0.39 is 11.8 Å². The van der Waals surface area contributed by atoms with E-state index in [-0.39, 0.29) is 18.1 Å². The zero-order valence-corrected chi connectivity index (χ0v) is 15.0. The Morgan fingerprint density at radius 1 is 1.00 bits per heavy atom. The minimum Gasteiger partial charge on any atom is -0.344 e. The molecule has 0 bridgehead atoms. The van der Waals surface area contributed by atoms with Gasteiger partial charge in [0.05, 0.1) is 0 Å². The highest BCUT2D eigenvalue weighted by molar-refractivity contribution is 6.39. The highest BCUT2D eigenvalue weighted by atomic mass is 19.1. The number of hydrogen-bond acceptors (Lipinski definition) is 4. The Kier molecular flexibility index (Phi) is 5.59. The van der Waals surface area contributed by atoms with Crippen molar-refractivity contribution in [1.82, 2.24) is 14.9 Å². The van der Waals surface area contributed by atoms with Crippen molar-refractivity contribution >= 4 is 23.3 Å². The van der Waals surface area contributed by atoms with Crippen molar-refractivity contribution in [2.24, 2.45) is 7.05 Å². The topological polar surface area (TPSA) is 93.1 Å². The first kappa shape index (κ1) is 19.0. The van der Waals surface area contributed by atoms with Gasteiger partial charge in [0, 0.05) is 37.2 Å². The van der Waals surface area contributed by atoms with Gasteiger partial charge in [-0.3, -0.25) is 14.4 Å². The summed E-state index contributed by atoms with van der Waals surface area (Å²) in [5.74, 6) is -1.99. The normalized spacial score (nSPS) is 10.4. The van der Waals surface area contributed by atoms with Crippen molar-refractivity contribution in [3.8, 4) is 0 Å². The van der Waals surface area contributed by atoms with Crippen LogP contribution in [-0.2, 0) is 23.2 Å². The second-order valence-electron chi connectivity index (χ2n) is 6.03. The van der Waals surface area contributed by atoms with Crippen molar-refractivity contribution in [2.75, 3.05) is 5.32 Å². The maximum absolute atomic E-state index is 12.9. The molecule has 0 saturated heterocycles. The van der Waals surface area contributed by atoms with E-state index in [4.69, 9.17) is 0 Å². The Balaban J connectivity index is 1.56. The zero-order chi connectivity index (χ0) is 20.1. The van der Waals surface area contributed by atoms with Gasteiger partial charge >= 0.3 is 11.8 Å². The molecule has 2 N–H and O–H groups in total. The number of amides is 2. The predicted molar refractivity (Wildman–Crippen MR) is 100.0 cm³/mol. The largest absolute Gasteiger partial charge is 0.344 e. The molecule has 0 fully saturated rings. The number of rotatable bonds is 5. The van der Waals surface area contributed by atoms with Crippen LogP contribution < -0.4 is 10.6 Å². The minimum absolute atomic E-state index is 0.101. The van der Waals surface area contributed by atoms with Crippen molar-refractivity contribution in [3.63, 3.8) is 0 Å². The summed E-state index contributed by atoms with van der Waals surface area (Å²) in [6, 6.07) is 11.7. The van der Waals surface area contributed by atoms with E-state index in [1.807, 2.05) is 0 Å². The summed E-state index contributed by atoms with van der Waals surface area (Å²) in [5.41, 5.74) is 1.45. The number of aryl methyl sites for hydroxylation is 1. The minimum atomic E-state index is -0.842. The van der Waals surface area contributed by atoms with Crippen LogP contribution in [0.15, 0.2) is 60.9 Å². The van der Waals surface area contributed by atoms with Crippen LogP contribution in [0, 0.1) is 5.82 Å². The van der Waals surface area contributed by atoms with Gasteiger partial charge in [-0.05, 0) is 42.0 Å². The van der Waals surface area contributed by atoms with Crippen molar-refractivity contribution < 1.29 is 18.8 Å². The molecule has 142 valence electrons. The number of nitrogens with one attached hydrogen (secondary N) is 2. The quantitative estimate of drug-likeness (QED) is 0.523. The Bertz CT molecular complexity index is 1010. The molecule has 2 aromatic carbocycles. The van der Waals surface area contributed by atoms with Crippen LogP contribution in [0.25, 0.3) is 0 Å². The van der Waals surface area contributed by atoms with Crippen LogP contribution >= 0.6 is 0 Å². The molecule has 0 atom stereocenters. The number of nitrogens with zero attached hydrogens (tertiary/aromatic N) is 2. The van der Waals surface area contributed by atoms with E-state index in [0.29, 0.717) is 22.6 Å². The number of aromatic nitrogens is 2. The molecule has 0 spiro atoms. The molecular weight excluding hydrogens is 363 g/mol. The number of halogens is 1. The molecule has 0 aliphatic heterocycles. The van der Waals surface area contributed by atoms with Crippen molar-refractivity contribution in [1.29, 1.82) is 0 Å². The molecule has 28 heavy (non-hydrogen) atoms. The lowest BCUT2D eigenvalue weighted by molar-refractivity contribution is -0.136. The zero-order valence-electron chi connectivity index (χ0n) is 15.0. The molecule has 0 aliphatic carbocycles. The third-order valence-electron chi connectivity index (χ3n) is 4.00. The first-order chi connectivity index (χ1) is 13.4. The molecule has 0 aliphatic rings. The van der Waals surface area contributed by atoms with Crippen LogP contribution in [0.2, 0.25) is 0 Å². The fourth-order valence-electron chi connectivity index (χ4n) is 2.47. The molecule has 3 aromatic rings. The van der Waals surface area contributed by atoms with Gasteiger partial charge in [0.1, 0.15) is 5.82 Å². The van der Waals surface area contributed by atoms with Gasteiger partial charge in [0.15, 0.2) is 5.82 Å². The van der Waals surface area contributed by atoms with Gasteiger partial charge in [-0.1, -0.05) is 12.1 Å². The number of carbonyl (C=O) groups is 3. The Labute approximate surface area is 160 Å². The number of ketones is 1. The third-order valence-corrected chi connectivity index (χ3v) is 4.00. The SMILES string of the molecule is Cn1ccnc1C(=O)c1ccc(NC(=O)C(=O)NCc2ccc(F)cc2)cc1. The van der Waals surface area contributed by atoms with Crippen LogP contribution in [0.3, 0.4) is 0 Å². The summed E-state index contributed by atoms with van der Waals surface area (Å²) < 4.78 is 14.5. The third kappa shape index (κ3) is 4.47. The summed E-state index contributed by atoms with van der Waals surface area (Å²) in [6.07, 6.45) is 3.21. The summed E-state index contributed by atoms with van der Waals surface area (Å²) in [4.78, 5) is 40.2. The predicted octanol–water partition coefficient (Wildman–Crippen LogP) is 2.05. The van der Waals surface area contributed by atoms with Crippen LogP contribution in [0.5, 0.6) is 0 Å². The summed E-state index contributed by atoms with van der Waals surface area (Å²) in [7, 11) is 1.72. The van der Waals surface area contributed by atoms with Gasteiger partial charge in [-0.2, -0.15) is 0 Å². The van der Waals surface area contributed by atoms with Gasteiger partial charge in [0.25, 0.3) is 0 Å². The maximum atomic E-state index is 12.9. The van der Waals surface area contributed by atoms with E-state index in [2.05, 4.69) is 15.6 Å². The van der Waals surface area contributed by atoms with Crippen molar-refractivity contribution in [2.45, 2.75) is 6.54 Å². The van der Waals surface area contributed by atoms with Gasteiger partial charge in [-0.15, -0.1) is 0 Å². The van der Waals surface area contributed by atoms with Crippen molar-refractivity contribution in [3.05, 3.63) is 83.7 Å². The maximum Gasteiger partial charge on any atom is 0.313 e. The molecule has 8 heteroatoms. The number of anilines is 1. The smallest absolute Gasteiger partial charge is 0.313 e. The van der Waals surface area contributed by atoms with E-state index in [1.54, 1.807) is 29.9 Å². The monoisotopic (exact) mass is 380 g/mol. The van der Waals surface area contributed by atoms with Gasteiger partial charge < -0.3 is 15.2 Å². The number of hydrogen-bond donors (Lipinski definition) is 2. The summed E-state index contributed by atoms with van der Waals surface area (Å²) >= 11 is 0. The van der Waals surface area contributed by atoms with Crippen LogP contribution in [-0.4, -0.2) is 27.1 Å². The molecule has 0 unspecified atom stereocenters. The van der Waals surface area contributed by atoms with Gasteiger partial charge in [0.2, 0.25) is 5.78 Å². The van der Waals surface area contributed by atoms with E-state index >= 15 is 0 Å². The molecule has 1 aromatic heterocycles. The highest BCUT2D eigenvalue weighted by Crippen LogP contribution is 2.13. The fourth-order valence-corrected chi connectivity index (χ4v) is 2.47. The number of imidazole rings is 1. The lowest BCUT2D eigenvalue weighted by Crippen LogP contribution is -2.34. The summed E-state index contributed by atoms with van der Waals surface area (Å²) in [5, 5.41) is 4.91. The Morgan fingerprint density at radius 3 is 2.29 bits per heavy atom. The first-order valence-corrected chi connectivity index (χ1v) is 8.40. The number of benzene rings is 2. The summed E-state index contributed by atoms with van der Waals surface area (Å²) in [6.45, 7) is 0.101. The highest BCUT2D eigenvalue weighted by Gasteiger charge is 2.16. The van der Waals surface area contributed by atoms with Crippen LogP contribution in [0.4, 0.5) is 10.1 Å². The number of carbonyl (C=O) groups excluding carboxylic acids is 3. The second-order valence-corrected chi connectivity index (χ2v) is 6.03. The molecular formula is C20H17FN4O3. The van der Waals surface area contributed by atoms with E-state index in [9.17, 15) is 18.8 Å². The molecule has 7 nitrogen and oxygen atoms in total. The molecule has 2 amide bonds. The first-order valence-electron chi connectivity index (χ1n) is 8.40. The van der Waals surface area contributed by atoms with Gasteiger partial charge in [-0.25, -0.2) is 9.37 Å². The molecule has 0 radical (unpaired) electrons. The van der Waals surface area contributed by atoms with Crippen LogP contribution in [0.1, 0.15) is 21.7 Å².